The van der Waals surface area contributed by atoms with E-state index in [4.69, 9.17) is 10.9 Å². The van der Waals surface area contributed by atoms with Crippen LogP contribution < -0.4 is 53.7 Å². The Hall–Kier alpha value is -5.19. The second-order valence-corrected chi connectivity index (χ2v) is 17.0. The first kappa shape index (κ1) is 51.0. The number of unbranched alkanes of at least 4 members (excludes halogenated alkanes) is 2. The summed E-state index contributed by atoms with van der Waals surface area (Å²) in [6, 6.07) is -3.80. The molecule has 1 unspecified atom stereocenters. The molecule has 2 rings (SSSR count). The third-order valence-corrected chi connectivity index (χ3v) is 11.3. The summed E-state index contributed by atoms with van der Waals surface area (Å²) in [5.74, 6) is -8.09. The second-order valence-electron chi connectivity index (χ2n) is 15.7. The molecule has 0 spiro atoms. The average molecular weight is 871 g/mol. The van der Waals surface area contributed by atoms with Crippen LogP contribution in [0.4, 0.5) is 4.79 Å². The number of hydroxylamine groups is 1. The fourth-order valence-corrected chi connectivity index (χ4v) is 8.24. The molecule has 2 heterocycles. The van der Waals surface area contributed by atoms with Crippen molar-refractivity contribution in [3.63, 3.8) is 0 Å². The molecule has 2 aliphatic heterocycles. The molecule has 2 fully saturated rings. The highest BCUT2D eigenvalue weighted by Gasteiger charge is 2.42. The van der Waals surface area contributed by atoms with Crippen LogP contribution in [0.1, 0.15) is 91.9 Å². The maximum absolute atomic E-state index is 13.2. The predicted octanol–water partition coefficient (Wildman–Crippen LogP) is -2.14. The van der Waals surface area contributed by atoms with Gasteiger partial charge < -0.3 is 53.4 Å². The van der Waals surface area contributed by atoms with Gasteiger partial charge in [-0.15, -0.1) is 0 Å². The first-order valence-electron chi connectivity index (χ1n) is 20.1. The topological polar surface area (TPSA) is 345 Å². The van der Waals surface area contributed by atoms with E-state index in [0.29, 0.717) is 37.5 Å². The Labute approximate surface area is 352 Å². The monoisotopic (exact) mass is 870 g/mol. The first-order valence-corrected chi connectivity index (χ1v) is 21.2. The molecular weight excluding hydrogens is 809 g/mol. The smallest absolute Gasteiger partial charge is 0.315 e. The Balaban J connectivity index is 1.73. The molecule has 0 radical (unpaired) electrons. The molecule has 0 aromatic carbocycles. The maximum Gasteiger partial charge on any atom is 0.315 e. The molecule has 13 N–H and O–H groups in total. The largest absolute Gasteiger partial charge is 0.481 e. The van der Waals surface area contributed by atoms with Gasteiger partial charge in [0.25, 0.3) is 0 Å². The Morgan fingerprint density at radius 2 is 1.47 bits per heavy atom. The number of hydrogen-bond donors (Lipinski definition) is 12. The van der Waals surface area contributed by atoms with Crippen LogP contribution in [0.2, 0.25) is 0 Å². The van der Waals surface area contributed by atoms with Crippen LogP contribution in [-0.2, 0) is 43.2 Å². The molecule has 0 aromatic heterocycles. The highest BCUT2D eigenvalue weighted by molar-refractivity contribution is 8.00. The van der Waals surface area contributed by atoms with Crippen molar-refractivity contribution in [2.75, 3.05) is 25.4 Å². The highest BCUT2D eigenvalue weighted by atomic mass is 32.2. The number of fused-ring (bicyclic) bond motifs is 1. The number of rotatable bonds is 28. The molecule has 338 valence electrons. The Bertz CT molecular complexity index is 1550. The number of carbonyl (C=O) groups is 10. The Morgan fingerprint density at radius 3 is 2.10 bits per heavy atom. The number of urea groups is 1. The average Bonchev–Trinajstić information content (AvgIpc) is 3.73. The number of aliphatic carboxylic acids is 1. The van der Waals surface area contributed by atoms with Crippen molar-refractivity contribution in [1.29, 1.82) is 0 Å². The van der Waals surface area contributed by atoms with Crippen LogP contribution in [0.5, 0.6) is 0 Å². The summed E-state index contributed by atoms with van der Waals surface area (Å²) in [7, 11) is 0. The van der Waals surface area contributed by atoms with Crippen molar-refractivity contribution in [3.8, 4) is 0 Å². The summed E-state index contributed by atoms with van der Waals surface area (Å²) in [5.41, 5.74) is 6.89. The minimum atomic E-state index is -1.64. The molecule has 2 aliphatic rings. The zero-order valence-corrected chi connectivity index (χ0v) is 35.4. The summed E-state index contributed by atoms with van der Waals surface area (Å²) in [5, 5.41) is 39.1. The third-order valence-electron chi connectivity index (χ3n) is 9.81. The number of primary amides is 1. The van der Waals surface area contributed by atoms with Crippen LogP contribution in [0.3, 0.4) is 0 Å². The quantitative estimate of drug-likeness (QED) is 0.0173. The van der Waals surface area contributed by atoms with Crippen molar-refractivity contribution in [3.05, 3.63) is 0 Å². The minimum absolute atomic E-state index is 0.0737. The van der Waals surface area contributed by atoms with Crippen molar-refractivity contribution >= 4 is 71.0 Å². The van der Waals surface area contributed by atoms with Crippen molar-refractivity contribution < 1.29 is 58.3 Å². The van der Waals surface area contributed by atoms with E-state index in [1.165, 1.54) is 5.48 Å². The molecule has 23 heteroatoms. The molecule has 0 saturated carbocycles. The van der Waals surface area contributed by atoms with E-state index in [0.717, 1.165) is 18.6 Å². The lowest BCUT2D eigenvalue weighted by Gasteiger charge is -2.26. The van der Waals surface area contributed by atoms with Gasteiger partial charge in [-0.25, -0.2) is 10.3 Å². The predicted molar refractivity (Wildman–Crippen MR) is 216 cm³/mol. The van der Waals surface area contributed by atoms with E-state index >= 15 is 0 Å². The third kappa shape index (κ3) is 18.8. The SMILES string of the molecule is CC(C)CC(CC(=O)NO)C(=O)N[C@@H](CC(=O)O)C(=O)N[C@H](C(=O)NCC(=O)NCC(=O)N[C@@H](CCCCNC(=O)CCCC[C@@H]1SC[C@@H]2NC(=O)N[C@@H]21)C(N)=O)C(C)C. The standard InChI is InChI=1S/C37H62N10O12S/c1-19(2)13-21(14-27(49)47-59)34(55)43-23(15-30(52)53)35(56)45-31(20(3)4)36(57)41-16-28(50)40-17-29(51)42-22(33(38)54)9-7-8-12-39-26(48)11-6-5-10-25-32-24(18-60-25)44-37(58)46-32/h19-25,31-32,59H,5-18H2,1-4H3,(H2,38,54)(H,39,48)(H,40,50)(H,41,57)(H,42,51)(H,43,55)(H,45,56)(H,47,49)(H,52,53)(H2,44,46,58)/t21?,22-,23-,24-,25-,31-,32-/m0/s1. The van der Waals surface area contributed by atoms with E-state index in [-0.39, 0.29) is 42.8 Å². The fraction of sp³-hybridized carbons (Fsp3) is 0.730. The summed E-state index contributed by atoms with van der Waals surface area (Å²) >= 11 is 1.83. The minimum Gasteiger partial charge on any atom is -0.481 e. The zero-order valence-electron chi connectivity index (χ0n) is 34.6. The van der Waals surface area contributed by atoms with E-state index in [2.05, 4.69) is 42.5 Å². The molecule has 2 saturated heterocycles. The molecule has 10 amide bonds. The normalized spacial score (nSPS) is 18.7. The van der Waals surface area contributed by atoms with Gasteiger partial charge >= 0.3 is 12.0 Å². The van der Waals surface area contributed by atoms with Crippen molar-refractivity contribution in [2.24, 2.45) is 23.5 Å². The van der Waals surface area contributed by atoms with E-state index in [1.807, 2.05) is 11.8 Å². The van der Waals surface area contributed by atoms with Crippen LogP contribution in [-0.4, -0.2) is 130 Å². The lowest BCUT2D eigenvalue weighted by molar-refractivity contribution is -0.142. The first-order chi connectivity index (χ1) is 28.3. The van der Waals surface area contributed by atoms with E-state index in [9.17, 15) is 53.1 Å². The lowest BCUT2D eigenvalue weighted by Crippen LogP contribution is -2.57. The summed E-state index contributed by atoms with van der Waals surface area (Å²) in [6.45, 7) is 5.90. The molecule has 60 heavy (non-hydrogen) atoms. The van der Waals surface area contributed by atoms with Crippen LogP contribution >= 0.6 is 11.8 Å². The number of thioether (sulfide) groups is 1. The Morgan fingerprint density at radius 1 is 0.767 bits per heavy atom. The molecular formula is C37H62N10O12S. The highest BCUT2D eigenvalue weighted by Crippen LogP contribution is 2.33. The molecule has 7 atom stereocenters. The van der Waals surface area contributed by atoms with Crippen LogP contribution in [0.15, 0.2) is 0 Å². The molecule has 22 nitrogen and oxygen atoms in total. The van der Waals surface area contributed by atoms with Crippen molar-refractivity contribution in [1.82, 2.24) is 48.0 Å². The van der Waals surface area contributed by atoms with Gasteiger partial charge in [-0.05, 0) is 50.4 Å². The number of carbonyl (C=O) groups excluding carboxylic acids is 9. The summed E-state index contributed by atoms with van der Waals surface area (Å²) in [4.78, 5) is 123. The van der Waals surface area contributed by atoms with Gasteiger partial charge in [-0.2, -0.15) is 11.8 Å². The number of carboxylic acids is 1. The number of amides is 10. The van der Waals surface area contributed by atoms with Gasteiger partial charge in [0.1, 0.15) is 18.1 Å². The zero-order chi connectivity index (χ0) is 44.9. The number of carboxylic acid groups (broad SMARTS) is 1. The molecule has 0 bridgehead atoms. The fourth-order valence-electron chi connectivity index (χ4n) is 6.70. The molecule has 0 aromatic rings. The van der Waals surface area contributed by atoms with Gasteiger partial charge in [-0.3, -0.25) is 48.4 Å². The van der Waals surface area contributed by atoms with Crippen LogP contribution in [0.25, 0.3) is 0 Å². The number of nitrogens with two attached hydrogens (primary N) is 1. The Kier molecular flexibility index (Phi) is 22.2. The van der Waals surface area contributed by atoms with E-state index < -0.39 is 103 Å². The number of nitrogens with one attached hydrogen (secondary N) is 9. The van der Waals surface area contributed by atoms with Crippen LogP contribution in [0, 0.1) is 17.8 Å². The van der Waals surface area contributed by atoms with E-state index in [1.54, 1.807) is 27.7 Å². The van der Waals surface area contributed by atoms with Crippen molar-refractivity contribution in [2.45, 2.75) is 127 Å². The molecule has 0 aliphatic carbocycles. The van der Waals surface area contributed by atoms with Gasteiger partial charge in [-0.1, -0.05) is 34.1 Å². The van der Waals surface area contributed by atoms with Gasteiger partial charge in [0.05, 0.1) is 31.6 Å². The van der Waals surface area contributed by atoms with Gasteiger partial charge in [0, 0.05) is 36.3 Å². The van der Waals surface area contributed by atoms with Gasteiger partial charge in [0.2, 0.25) is 47.3 Å². The summed E-state index contributed by atoms with van der Waals surface area (Å²) in [6.07, 6.45) is 2.91. The lowest BCUT2D eigenvalue weighted by atomic mass is 9.92. The maximum atomic E-state index is 13.2. The second kappa shape index (κ2) is 26.1. The van der Waals surface area contributed by atoms with Gasteiger partial charge in [0.15, 0.2) is 0 Å². The summed E-state index contributed by atoms with van der Waals surface area (Å²) < 4.78 is 0. The number of hydrogen-bond acceptors (Lipinski definition) is 12.